The number of nitrogens with zero attached hydrogens (tertiary/aromatic N) is 3. The van der Waals surface area contributed by atoms with Crippen LogP contribution in [0.5, 0.6) is 0 Å². The van der Waals surface area contributed by atoms with Gasteiger partial charge in [-0.15, -0.1) is 0 Å². The first-order valence-corrected chi connectivity index (χ1v) is 11.9. The SMILES string of the molecule is Cc1cc(C)c(S(=O)(=O)NCCn2nc(-c3ccncc3)c3c2CCCC3)cc1C. The molecule has 4 rings (SSSR count). The highest BCUT2D eigenvalue weighted by atomic mass is 32.2. The lowest BCUT2D eigenvalue weighted by Gasteiger charge is -2.15. The van der Waals surface area contributed by atoms with E-state index in [-0.39, 0.29) is 0 Å². The molecule has 0 saturated heterocycles. The molecule has 0 spiro atoms. The van der Waals surface area contributed by atoms with Crippen LogP contribution in [0.15, 0.2) is 41.6 Å². The van der Waals surface area contributed by atoms with Crippen LogP contribution in [-0.4, -0.2) is 29.7 Å². The molecule has 158 valence electrons. The van der Waals surface area contributed by atoms with Crippen LogP contribution in [0.2, 0.25) is 0 Å². The van der Waals surface area contributed by atoms with Gasteiger partial charge in [0.25, 0.3) is 0 Å². The molecule has 0 aliphatic heterocycles. The van der Waals surface area contributed by atoms with Crippen molar-refractivity contribution in [3.05, 3.63) is 64.6 Å². The van der Waals surface area contributed by atoms with Gasteiger partial charge >= 0.3 is 0 Å². The third-order valence-corrected chi connectivity index (χ3v) is 7.51. The van der Waals surface area contributed by atoms with Gasteiger partial charge in [0, 0.05) is 35.8 Å². The number of benzene rings is 1. The molecule has 7 heteroatoms. The minimum Gasteiger partial charge on any atom is -0.267 e. The van der Waals surface area contributed by atoms with Crippen LogP contribution in [0.4, 0.5) is 0 Å². The number of hydrogen-bond donors (Lipinski definition) is 1. The maximum absolute atomic E-state index is 12.9. The summed E-state index contributed by atoms with van der Waals surface area (Å²) in [4.78, 5) is 4.45. The van der Waals surface area contributed by atoms with Crippen LogP contribution in [-0.2, 0) is 29.4 Å². The summed E-state index contributed by atoms with van der Waals surface area (Å²) < 4.78 is 30.5. The Labute approximate surface area is 178 Å². The van der Waals surface area contributed by atoms with Gasteiger partial charge in [-0.3, -0.25) is 9.67 Å². The van der Waals surface area contributed by atoms with E-state index in [2.05, 4.69) is 9.71 Å². The summed E-state index contributed by atoms with van der Waals surface area (Å²) in [6.07, 6.45) is 7.86. The zero-order valence-corrected chi connectivity index (χ0v) is 18.6. The molecular formula is C23H28N4O2S. The van der Waals surface area contributed by atoms with E-state index in [9.17, 15) is 8.42 Å². The van der Waals surface area contributed by atoms with E-state index in [4.69, 9.17) is 5.10 Å². The van der Waals surface area contributed by atoms with Crippen molar-refractivity contribution in [1.29, 1.82) is 0 Å². The highest BCUT2D eigenvalue weighted by Crippen LogP contribution is 2.31. The summed E-state index contributed by atoms with van der Waals surface area (Å²) in [5.41, 5.74) is 7.42. The minimum atomic E-state index is -3.57. The number of aryl methyl sites for hydroxylation is 3. The lowest BCUT2D eigenvalue weighted by molar-refractivity contribution is 0.538. The number of aromatic nitrogens is 3. The van der Waals surface area contributed by atoms with Crippen molar-refractivity contribution in [2.75, 3.05) is 6.54 Å². The standard InChI is InChI=1S/C23H28N4O2S/c1-16-14-18(3)22(15-17(16)2)30(28,29)25-12-13-27-21-7-5-4-6-20(21)23(26-27)19-8-10-24-11-9-19/h8-11,14-15,25H,4-7,12-13H2,1-3H3. The topological polar surface area (TPSA) is 76.9 Å². The number of hydrogen-bond acceptors (Lipinski definition) is 4. The van der Waals surface area contributed by atoms with E-state index in [1.54, 1.807) is 18.5 Å². The van der Waals surface area contributed by atoms with E-state index in [0.717, 1.165) is 53.6 Å². The molecule has 1 aromatic carbocycles. The molecule has 0 fully saturated rings. The van der Waals surface area contributed by atoms with Gasteiger partial charge in [-0.2, -0.15) is 5.10 Å². The molecule has 3 aromatic rings. The summed E-state index contributed by atoms with van der Waals surface area (Å²) >= 11 is 0. The summed E-state index contributed by atoms with van der Waals surface area (Å²) in [5, 5.41) is 4.85. The Hall–Kier alpha value is -2.51. The van der Waals surface area contributed by atoms with Crippen molar-refractivity contribution in [3.63, 3.8) is 0 Å². The van der Waals surface area contributed by atoms with Crippen molar-refractivity contribution in [3.8, 4) is 11.3 Å². The Kier molecular flexibility index (Phi) is 5.75. The zero-order chi connectivity index (χ0) is 21.3. The molecule has 0 saturated carbocycles. The van der Waals surface area contributed by atoms with Crippen LogP contribution in [0.3, 0.4) is 0 Å². The summed E-state index contributed by atoms with van der Waals surface area (Å²) in [7, 11) is -3.57. The average Bonchev–Trinajstić information content (AvgIpc) is 3.10. The highest BCUT2D eigenvalue weighted by molar-refractivity contribution is 7.89. The minimum absolute atomic E-state index is 0.304. The molecule has 2 aromatic heterocycles. The molecule has 0 amide bonds. The molecule has 0 unspecified atom stereocenters. The molecule has 2 heterocycles. The fraction of sp³-hybridized carbons (Fsp3) is 0.391. The van der Waals surface area contributed by atoms with Crippen LogP contribution in [0.1, 0.15) is 40.8 Å². The molecule has 1 N–H and O–H groups in total. The first-order chi connectivity index (χ1) is 14.4. The Bertz CT molecular complexity index is 1170. The maximum Gasteiger partial charge on any atom is 0.240 e. The summed E-state index contributed by atoms with van der Waals surface area (Å²) in [6, 6.07) is 7.64. The van der Waals surface area contributed by atoms with Crippen molar-refractivity contribution in [2.24, 2.45) is 0 Å². The highest BCUT2D eigenvalue weighted by Gasteiger charge is 2.22. The van der Waals surface area contributed by atoms with Gasteiger partial charge in [0.1, 0.15) is 0 Å². The third kappa shape index (κ3) is 4.04. The summed E-state index contributed by atoms with van der Waals surface area (Å²) in [5.74, 6) is 0. The normalized spacial score (nSPS) is 14.0. The Morgan fingerprint density at radius 3 is 2.47 bits per heavy atom. The van der Waals surface area contributed by atoms with E-state index in [0.29, 0.717) is 18.0 Å². The fourth-order valence-corrected chi connectivity index (χ4v) is 5.51. The predicted molar refractivity (Wildman–Crippen MR) is 118 cm³/mol. The Morgan fingerprint density at radius 1 is 1.00 bits per heavy atom. The number of rotatable bonds is 6. The number of sulfonamides is 1. The lowest BCUT2D eigenvalue weighted by atomic mass is 9.94. The zero-order valence-electron chi connectivity index (χ0n) is 17.8. The fourth-order valence-electron chi connectivity index (χ4n) is 4.18. The van der Waals surface area contributed by atoms with Gasteiger partial charge in [-0.1, -0.05) is 6.07 Å². The molecule has 1 aliphatic rings. The monoisotopic (exact) mass is 424 g/mol. The molecule has 1 aliphatic carbocycles. The van der Waals surface area contributed by atoms with Gasteiger partial charge in [-0.05, 0) is 81.3 Å². The second kappa shape index (κ2) is 8.32. The van der Waals surface area contributed by atoms with Crippen LogP contribution < -0.4 is 4.72 Å². The number of fused-ring (bicyclic) bond motifs is 1. The van der Waals surface area contributed by atoms with Crippen molar-refractivity contribution < 1.29 is 8.42 Å². The van der Waals surface area contributed by atoms with E-state index in [1.807, 2.05) is 43.7 Å². The second-order valence-corrected chi connectivity index (χ2v) is 9.78. The van der Waals surface area contributed by atoms with E-state index in [1.165, 1.54) is 11.3 Å². The van der Waals surface area contributed by atoms with Crippen LogP contribution in [0, 0.1) is 20.8 Å². The van der Waals surface area contributed by atoms with Crippen LogP contribution in [0.25, 0.3) is 11.3 Å². The molecule has 6 nitrogen and oxygen atoms in total. The van der Waals surface area contributed by atoms with E-state index < -0.39 is 10.0 Å². The maximum atomic E-state index is 12.9. The quantitative estimate of drug-likeness (QED) is 0.654. The second-order valence-electron chi connectivity index (χ2n) is 8.04. The molecular weight excluding hydrogens is 396 g/mol. The summed E-state index contributed by atoms with van der Waals surface area (Å²) in [6.45, 7) is 6.58. The molecule has 0 atom stereocenters. The number of nitrogens with one attached hydrogen (secondary N) is 1. The Balaban J connectivity index is 1.55. The van der Waals surface area contributed by atoms with Gasteiger partial charge in [0.15, 0.2) is 0 Å². The van der Waals surface area contributed by atoms with Gasteiger partial charge in [0.05, 0.1) is 17.1 Å². The first-order valence-electron chi connectivity index (χ1n) is 10.4. The van der Waals surface area contributed by atoms with Crippen LogP contribution >= 0.6 is 0 Å². The smallest absolute Gasteiger partial charge is 0.240 e. The first kappa shape index (κ1) is 20.8. The third-order valence-electron chi connectivity index (χ3n) is 5.91. The van der Waals surface area contributed by atoms with Crippen molar-refractivity contribution in [2.45, 2.75) is 57.9 Å². The van der Waals surface area contributed by atoms with Gasteiger partial charge < -0.3 is 0 Å². The van der Waals surface area contributed by atoms with Gasteiger partial charge in [-0.25, -0.2) is 13.1 Å². The van der Waals surface area contributed by atoms with Crippen molar-refractivity contribution >= 4 is 10.0 Å². The molecule has 0 radical (unpaired) electrons. The molecule has 0 bridgehead atoms. The number of pyridine rings is 1. The van der Waals surface area contributed by atoms with Crippen molar-refractivity contribution in [1.82, 2.24) is 19.5 Å². The molecule has 30 heavy (non-hydrogen) atoms. The Morgan fingerprint density at radius 2 is 1.70 bits per heavy atom. The average molecular weight is 425 g/mol. The van der Waals surface area contributed by atoms with E-state index >= 15 is 0 Å². The lowest BCUT2D eigenvalue weighted by Crippen LogP contribution is -2.29. The predicted octanol–water partition coefficient (Wildman–Crippen LogP) is 3.73. The largest absolute Gasteiger partial charge is 0.267 e. The van der Waals surface area contributed by atoms with Gasteiger partial charge in [0.2, 0.25) is 10.0 Å².